The predicted molar refractivity (Wildman–Crippen MR) is 411 cm³/mol. The van der Waals surface area contributed by atoms with Crippen LogP contribution in [0.4, 0.5) is 22.7 Å². The molecule has 0 saturated carbocycles. The van der Waals surface area contributed by atoms with Gasteiger partial charge in [-0.05, 0) is 107 Å². The summed E-state index contributed by atoms with van der Waals surface area (Å²) in [5, 5.41) is 8.52. The number of aromatic nitrogens is 2. The summed E-state index contributed by atoms with van der Waals surface area (Å²) in [6.07, 6.45) is 40.3. The van der Waals surface area contributed by atoms with Crippen molar-refractivity contribution in [3.63, 3.8) is 0 Å². The van der Waals surface area contributed by atoms with E-state index in [0.717, 1.165) is 117 Å². The van der Waals surface area contributed by atoms with Crippen molar-refractivity contribution < 1.29 is 28.7 Å². The van der Waals surface area contributed by atoms with Gasteiger partial charge in [0.05, 0.1) is 46.7 Å². The zero-order chi connectivity index (χ0) is 70.0. The van der Waals surface area contributed by atoms with Crippen molar-refractivity contribution in [3.8, 4) is 22.3 Å². The summed E-state index contributed by atoms with van der Waals surface area (Å²) in [5.41, 5.74) is 11.8. The van der Waals surface area contributed by atoms with Gasteiger partial charge in [-0.3, -0.25) is 28.8 Å². The van der Waals surface area contributed by atoms with Crippen molar-refractivity contribution in [1.29, 1.82) is 0 Å². The van der Waals surface area contributed by atoms with Crippen LogP contribution in [0.15, 0.2) is 143 Å². The summed E-state index contributed by atoms with van der Waals surface area (Å²) in [4.78, 5) is 79.6. The first-order valence-corrected chi connectivity index (χ1v) is 38.6. The van der Waals surface area contributed by atoms with Gasteiger partial charge in [0.1, 0.15) is 0 Å². The molecule has 2 aliphatic rings. The van der Waals surface area contributed by atoms with Crippen LogP contribution in [0.25, 0.3) is 44.1 Å². The highest BCUT2D eigenvalue weighted by Crippen LogP contribution is 2.44. The van der Waals surface area contributed by atoms with Gasteiger partial charge >= 0.3 is 11.9 Å². The molecular weight excluding hydrogens is 1240 g/mol. The number of hydrogen-bond donors (Lipinski definition) is 2. The molecule has 0 amide bonds. The first-order chi connectivity index (χ1) is 48.9. The average Bonchev–Trinajstić information content (AvgIpc) is 0.731. The van der Waals surface area contributed by atoms with Gasteiger partial charge in [-0.2, -0.15) is 0 Å². The summed E-state index contributed by atoms with van der Waals surface area (Å²) >= 11 is 0. The molecule has 0 spiro atoms. The fourth-order valence-corrected chi connectivity index (χ4v) is 15.6. The molecule has 0 saturated heterocycles. The van der Waals surface area contributed by atoms with E-state index in [4.69, 9.17) is 9.47 Å². The van der Waals surface area contributed by atoms with Crippen molar-refractivity contribution in [3.05, 3.63) is 188 Å². The Labute approximate surface area is 594 Å². The number of pyridine rings is 2. The minimum atomic E-state index is -0.125. The Morgan fingerprint density at radius 2 is 0.690 bits per heavy atom. The third-order valence-electron chi connectivity index (χ3n) is 21.4. The normalized spacial score (nSPS) is 12.8. The third kappa shape index (κ3) is 20.0. The van der Waals surface area contributed by atoms with Crippen LogP contribution in [-0.4, -0.2) is 45.9 Å². The number of hydrogen-bond acceptors (Lipinski definition) is 10. The van der Waals surface area contributed by atoms with E-state index in [9.17, 15) is 28.8 Å². The van der Waals surface area contributed by atoms with E-state index in [-0.39, 0.29) is 34.6 Å². The minimum Gasteiger partial charge on any atom is -0.465 e. The highest BCUT2D eigenvalue weighted by atomic mass is 16.5. The minimum absolute atomic E-state index is 0.0681. The van der Waals surface area contributed by atoms with Gasteiger partial charge < -0.3 is 29.2 Å². The smallest absolute Gasteiger partial charge is 0.305 e. The number of carbonyl (C=O) groups excluding carboxylic acids is 4. The van der Waals surface area contributed by atoms with Crippen LogP contribution >= 0.6 is 0 Å². The Hall–Kier alpha value is -8.38. The lowest BCUT2D eigenvalue weighted by Gasteiger charge is -2.28. The number of nitrogens with one attached hydrogen (secondary N) is 2. The first-order valence-electron chi connectivity index (χ1n) is 38.6. The van der Waals surface area contributed by atoms with Crippen LogP contribution in [-0.2, 0) is 46.0 Å². The van der Waals surface area contributed by atoms with Crippen molar-refractivity contribution in [2.45, 2.75) is 232 Å². The topological polar surface area (TPSA) is 155 Å². The Morgan fingerprint density at radius 1 is 0.370 bits per heavy atom. The molecule has 12 heteroatoms. The summed E-state index contributed by atoms with van der Waals surface area (Å²) in [7, 11) is 3.48. The molecule has 2 aromatic heterocycles. The number of ketones is 2. The summed E-state index contributed by atoms with van der Waals surface area (Å²) in [6.45, 7) is 5.28. The maximum absolute atomic E-state index is 14.0. The number of anilines is 4. The number of fused-ring (bicyclic) bond motifs is 4. The summed E-state index contributed by atoms with van der Waals surface area (Å²) in [5.74, 6) is 1.22. The van der Waals surface area contributed by atoms with Crippen molar-refractivity contribution in [1.82, 2.24) is 9.13 Å². The van der Waals surface area contributed by atoms with E-state index < -0.39 is 0 Å². The average molecular weight is 1350 g/mol. The second-order valence-electron chi connectivity index (χ2n) is 28.7. The highest BCUT2D eigenvalue weighted by molar-refractivity contribution is 6.29. The molecule has 6 aromatic carbocycles. The SMILES string of the molecule is CCCCCCCCCC(CCCCCCCCC(=O)OCCc1ccc(Nc2ccc3c4c(cc(=O)n3C)-c3ccccc3C(=O)c24)cc1)C(CCCCCCCCC)CCCCCCCCC(=O)OCCc1ccc(Nc2ccc3c4c(cc(=O)n3C)-c3ccccc3C(=O)c24)cc1. The molecule has 0 radical (unpaired) electrons. The molecule has 0 fully saturated rings. The summed E-state index contributed by atoms with van der Waals surface area (Å²) in [6, 6.07) is 41.9. The lowest BCUT2D eigenvalue weighted by molar-refractivity contribution is -0.144. The molecule has 2 unspecified atom stereocenters. The zero-order valence-corrected chi connectivity index (χ0v) is 60.5. The van der Waals surface area contributed by atoms with Crippen molar-refractivity contribution in [2.24, 2.45) is 25.9 Å². The highest BCUT2D eigenvalue weighted by Gasteiger charge is 2.31. The fourth-order valence-electron chi connectivity index (χ4n) is 15.6. The van der Waals surface area contributed by atoms with Crippen molar-refractivity contribution >= 4 is 68.1 Å². The second-order valence-corrected chi connectivity index (χ2v) is 28.7. The molecule has 100 heavy (non-hydrogen) atoms. The van der Waals surface area contributed by atoms with Crippen LogP contribution in [0.2, 0.25) is 0 Å². The Bertz CT molecular complexity index is 3880. The molecule has 2 aliphatic carbocycles. The molecule has 2 atom stereocenters. The van der Waals surface area contributed by atoms with E-state index in [1.165, 1.54) is 154 Å². The van der Waals surface area contributed by atoms with E-state index in [1.54, 1.807) is 35.4 Å². The Balaban J connectivity index is 0.608. The van der Waals surface area contributed by atoms with Gasteiger partial charge in [0.2, 0.25) is 0 Å². The number of aryl methyl sites for hydroxylation is 2. The maximum Gasteiger partial charge on any atom is 0.305 e. The summed E-state index contributed by atoms with van der Waals surface area (Å²) < 4.78 is 14.6. The number of rotatable bonds is 45. The monoisotopic (exact) mass is 1350 g/mol. The number of carbonyl (C=O) groups is 4. The molecular formula is C88H110N4O8. The molecule has 0 bridgehead atoms. The van der Waals surface area contributed by atoms with E-state index in [0.29, 0.717) is 72.5 Å². The van der Waals surface area contributed by atoms with Gasteiger partial charge in [0.25, 0.3) is 11.1 Å². The van der Waals surface area contributed by atoms with Crippen LogP contribution in [0.5, 0.6) is 0 Å². The van der Waals surface area contributed by atoms with E-state index in [2.05, 4.69) is 24.5 Å². The van der Waals surface area contributed by atoms with Crippen LogP contribution in [0, 0.1) is 11.8 Å². The molecule has 0 aliphatic heterocycles. The van der Waals surface area contributed by atoms with Crippen molar-refractivity contribution in [2.75, 3.05) is 23.8 Å². The van der Waals surface area contributed by atoms with Crippen LogP contribution in [0.1, 0.15) is 262 Å². The zero-order valence-electron chi connectivity index (χ0n) is 60.5. The van der Waals surface area contributed by atoms with Crippen LogP contribution in [0.3, 0.4) is 0 Å². The second kappa shape index (κ2) is 38.4. The van der Waals surface area contributed by atoms with E-state index in [1.807, 2.05) is 121 Å². The maximum atomic E-state index is 14.0. The number of nitrogens with zero attached hydrogens (tertiary/aromatic N) is 2. The molecule has 2 heterocycles. The molecule has 530 valence electrons. The lowest BCUT2D eigenvalue weighted by Crippen LogP contribution is -2.21. The standard InChI is InChI=1S/C88H110N4O8/c1-5-7-9-11-13-19-25-35-65(37-27-21-15-17-23-29-43-81(95)99-59-57-63-45-49-67(50-46-63)89-75-53-55-77-83-73(61-79(93)91(77)3)69-39-31-33-41-71(69)87(97)85(75)83)66(36-26-20-14-12-10-8-6-2)38-28-22-16-18-24-30-44-82(96)100-60-58-64-47-51-68(52-48-64)90-76-54-56-78-84-74(62-80(94)92(78)4)70-40-32-34-42-72(70)88(98)86(76)84/h31-34,39-42,45-56,61-62,65-66,89-90H,5-30,35-38,43-44,57-60H2,1-4H3. The van der Waals surface area contributed by atoms with Gasteiger partial charge in [-0.15, -0.1) is 0 Å². The van der Waals surface area contributed by atoms with Gasteiger partial charge in [0, 0.05) is 85.2 Å². The Kier molecular flexibility index (Phi) is 28.6. The predicted octanol–water partition coefficient (Wildman–Crippen LogP) is 21.9. The molecule has 10 rings (SSSR count). The Morgan fingerprint density at radius 3 is 1.04 bits per heavy atom. The number of esters is 2. The third-order valence-corrected chi connectivity index (χ3v) is 21.4. The molecule has 2 N–H and O–H groups in total. The van der Waals surface area contributed by atoms with Gasteiger partial charge in [0.15, 0.2) is 11.6 Å². The van der Waals surface area contributed by atoms with Gasteiger partial charge in [-0.1, -0.05) is 266 Å². The largest absolute Gasteiger partial charge is 0.465 e. The number of ether oxygens (including phenoxy) is 2. The number of benzene rings is 6. The molecule has 8 aromatic rings. The van der Waals surface area contributed by atoms with Crippen LogP contribution < -0.4 is 21.8 Å². The lowest BCUT2D eigenvalue weighted by atomic mass is 9.78. The fraction of sp³-hybridized carbons (Fsp3) is 0.477. The molecule has 12 nitrogen and oxygen atoms in total. The van der Waals surface area contributed by atoms with Gasteiger partial charge in [-0.25, -0.2) is 0 Å². The first kappa shape index (κ1) is 74.3. The number of unbranched alkanes of at least 4 members (excludes halogenated alkanes) is 22. The van der Waals surface area contributed by atoms with E-state index >= 15 is 0 Å². The quantitative estimate of drug-likeness (QED) is 0.0278.